The van der Waals surface area contributed by atoms with Crippen molar-refractivity contribution >= 4 is 5.69 Å². The van der Waals surface area contributed by atoms with Gasteiger partial charge in [-0.15, -0.1) is 0 Å². The van der Waals surface area contributed by atoms with Crippen LogP contribution in [-0.2, 0) is 12.4 Å². The van der Waals surface area contributed by atoms with Crippen molar-refractivity contribution in [3.05, 3.63) is 52.3 Å². The summed E-state index contributed by atoms with van der Waals surface area (Å²) in [5.74, 6) is -12.9. The van der Waals surface area contributed by atoms with Crippen molar-refractivity contribution in [2.45, 2.75) is 12.4 Å². The quantitative estimate of drug-likeness (QED) is 0.286. The molecule has 1 nitrogen and oxygen atoms in total. The fraction of sp³-hybridized carbons (Fsp3) is 0.143. The number of halogens is 11. The molecule has 12 heteroatoms. The van der Waals surface area contributed by atoms with Crippen LogP contribution in [0.25, 0.3) is 11.1 Å². The van der Waals surface area contributed by atoms with Gasteiger partial charge in [0.15, 0.2) is 23.3 Å². The zero-order valence-electron chi connectivity index (χ0n) is 11.9. The average Bonchev–Trinajstić information content (AvgIpc) is 2.50. The van der Waals surface area contributed by atoms with Crippen molar-refractivity contribution in [1.82, 2.24) is 0 Å². The molecule has 0 saturated carbocycles. The summed E-state index contributed by atoms with van der Waals surface area (Å²) in [7, 11) is 0. The molecule has 0 aliphatic heterocycles. The first-order valence-electron chi connectivity index (χ1n) is 6.27. The van der Waals surface area contributed by atoms with Crippen molar-refractivity contribution < 1.29 is 48.3 Å². The van der Waals surface area contributed by atoms with Crippen LogP contribution in [-0.4, -0.2) is 0 Å². The first kappa shape index (κ1) is 19.8. The molecule has 142 valence electrons. The summed E-state index contributed by atoms with van der Waals surface area (Å²) in [6, 6.07) is -0.467. The zero-order chi connectivity index (χ0) is 20.2. The molecule has 0 atom stereocenters. The van der Waals surface area contributed by atoms with E-state index in [1.807, 2.05) is 0 Å². The number of hydrogen-bond donors (Lipinski definition) is 1. The second kappa shape index (κ2) is 6.02. The van der Waals surface area contributed by atoms with Crippen LogP contribution in [0.1, 0.15) is 11.1 Å². The van der Waals surface area contributed by atoms with Crippen molar-refractivity contribution in [3.63, 3.8) is 0 Å². The van der Waals surface area contributed by atoms with Crippen LogP contribution in [0.15, 0.2) is 12.1 Å². The Morgan fingerprint density at radius 3 is 1.19 bits per heavy atom. The van der Waals surface area contributed by atoms with Crippen LogP contribution in [0, 0.1) is 29.1 Å². The summed E-state index contributed by atoms with van der Waals surface area (Å²) >= 11 is 0. The smallest absolute Gasteiger partial charge is 0.398 e. The summed E-state index contributed by atoms with van der Waals surface area (Å²) in [6.45, 7) is 0. The van der Waals surface area contributed by atoms with E-state index in [-0.39, 0.29) is 12.1 Å². The van der Waals surface area contributed by atoms with Crippen LogP contribution in [0.4, 0.5) is 54.0 Å². The third-order valence-corrected chi connectivity index (χ3v) is 3.29. The Labute approximate surface area is 136 Å². The minimum atomic E-state index is -5.50. The van der Waals surface area contributed by atoms with Gasteiger partial charge in [-0.25, -0.2) is 22.0 Å². The monoisotopic (exact) mass is 395 g/mol. The summed E-state index contributed by atoms with van der Waals surface area (Å²) in [6.07, 6.45) is -11.0. The summed E-state index contributed by atoms with van der Waals surface area (Å²) in [4.78, 5) is 0. The van der Waals surface area contributed by atoms with Gasteiger partial charge in [0.05, 0.1) is 22.4 Å². The maximum absolute atomic E-state index is 13.7. The Bertz CT molecular complexity index is 816. The predicted octanol–water partition coefficient (Wildman–Crippen LogP) is 5.67. The lowest BCUT2D eigenvalue weighted by atomic mass is 9.96. The second-order valence-corrected chi connectivity index (χ2v) is 4.93. The van der Waals surface area contributed by atoms with Crippen LogP contribution in [0.2, 0.25) is 0 Å². The molecule has 0 radical (unpaired) electrons. The Morgan fingerprint density at radius 1 is 0.577 bits per heavy atom. The van der Waals surface area contributed by atoms with Gasteiger partial charge in [0.1, 0.15) is 0 Å². The molecular weight excluding hydrogens is 391 g/mol. The minimum Gasteiger partial charge on any atom is -0.398 e. The van der Waals surface area contributed by atoms with Gasteiger partial charge < -0.3 is 5.73 Å². The lowest BCUT2D eigenvalue weighted by Crippen LogP contribution is -2.16. The van der Waals surface area contributed by atoms with Gasteiger partial charge >= 0.3 is 12.4 Å². The highest BCUT2D eigenvalue weighted by atomic mass is 19.4. The molecule has 0 heterocycles. The van der Waals surface area contributed by atoms with E-state index in [2.05, 4.69) is 0 Å². The molecule has 2 aromatic carbocycles. The van der Waals surface area contributed by atoms with Gasteiger partial charge in [-0.2, -0.15) is 26.3 Å². The average molecular weight is 395 g/mol. The Hall–Kier alpha value is -2.53. The molecule has 26 heavy (non-hydrogen) atoms. The molecule has 0 aliphatic rings. The molecule has 2 N–H and O–H groups in total. The summed E-state index contributed by atoms with van der Waals surface area (Å²) in [5.41, 5.74) is -4.76. The molecule has 2 rings (SSSR count). The second-order valence-electron chi connectivity index (χ2n) is 4.93. The maximum atomic E-state index is 13.7. The van der Waals surface area contributed by atoms with Gasteiger partial charge in [0.25, 0.3) is 0 Å². The Morgan fingerprint density at radius 2 is 0.885 bits per heavy atom. The van der Waals surface area contributed by atoms with Crippen molar-refractivity contribution in [3.8, 4) is 11.1 Å². The zero-order valence-corrected chi connectivity index (χ0v) is 11.9. The van der Waals surface area contributed by atoms with Gasteiger partial charge in [-0.05, 0) is 17.7 Å². The summed E-state index contributed by atoms with van der Waals surface area (Å²) < 4.78 is 144. The van der Waals surface area contributed by atoms with Crippen molar-refractivity contribution in [2.24, 2.45) is 0 Å². The SMILES string of the molecule is Nc1c(C(F)(F)F)cc(-c2c(F)c(F)c(F)c(F)c2F)cc1C(F)(F)F. The highest BCUT2D eigenvalue weighted by Crippen LogP contribution is 2.44. The van der Waals surface area contributed by atoms with Gasteiger partial charge in [-0.1, -0.05) is 0 Å². The van der Waals surface area contributed by atoms with Crippen LogP contribution < -0.4 is 5.73 Å². The lowest BCUT2D eigenvalue weighted by molar-refractivity contribution is -0.141. The van der Waals surface area contributed by atoms with Gasteiger partial charge in [-0.3, -0.25) is 0 Å². The van der Waals surface area contributed by atoms with E-state index in [0.29, 0.717) is 0 Å². The minimum absolute atomic E-state index is 0.233. The predicted molar refractivity (Wildman–Crippen MR) is 66.1 cm³/mol. The molecular formula is C14H4F11N. The molecule has 0 spiro atoms. The highest BCUT2D eigenvalue weighted by molar-refractivity contribution is 5.72. The van der Waals surface area contributed by atoms with E-state index in [1.165, 1.54) is 0 Å². The molecule has 0 saturated heterocycles. The summed E-state index contributed by atoms with van der Waals surface area (Å²) in [5, 5.41) is 0. The first-order chi connectivity index (χ1) is 11.7. The molecule has 0 unspecified atom stereocenters. The number of benzene rings is 2. The van der Waals surface area contributed by atoms with Crippen LogP contribution >= 0.6 is 0 Å². The normalized spacial score (nSPS) is 12.6. The van der Waals surface area contributed by atoms with Crippen molar-refractivity contribution in [1.29, 1.82) is 0 Å². The van der Waals surface area contributed by atoms with E-state index in [4.69, 9.17) is 5.73 Å². The third kappa shape index (κ3) is 3.15. The number of nitrogen functional groups attached to an aromatic ring is 1. The molecule has 0 bridgehead atoms. The van der Waals surface area contributed by atoms with E-state index in [1.54, 1.807) is 0 Å². The number of rotatable bonds is 1. The maximum Gasteiger partial charge on any atom is 0.418 e. The molecule has 2 aromatic rings. The molecule has 0 fully saturated rings. The highest BCUT2D eigenvalue weighted by Gasteiger charge is 2.41. The molecule has 0 amide bonds. The Balaban J connectivity index is 2.97. The fourth-order valence-corrected chi connectivity index (χ4v) is 2.13. The first-order valence-corrected chi connectivity index (χ1v) is 6.27. The van der Waals surface area contributed by atoms with Crippen molar-refractivity contribution in [2.75, 3.05) is 5.73 Å². The van der Waals surface area contributed by atoms with Crippen LogP contribution in [0.3, 0.4) is 0 Å². The van der Waals surface area contributed by atoms with Crippen LogP contribution in [0.5, 0.6) is 0 Å². The number of alkyl halides is 6. The fourth-order valence-electron chi connectivity index (χ4n) is 2.13. The van der Waals surface area contributed by atoms with Gasteiger partial charge in [0, 0.05) is 0 Å². The standard InChI is InChI=1S/C14H4F11N/c15-7-6(8(16)10(18)11(19)9(7)17)3-1-4(13(20,21)22)12(26)5(2-3)14(23,24)25/h1-2H,26H2. The van der Waals surface area contributed by atoms with E-state index in [0.717, 1.165) is 0 Å². The molecule has 0 aliphatic carbocycles. The largest absolute Gasteiger partial charge is 0.418 e. The number of anilines is 1. The van der Waals surface area contributed by atoms with E-state index in [9.17, 15) is 48.3 Å². The number of nitrogens with two attached hydrogens (primary N) is 1. The van der Waals surface area contributed by atoms with E-state index >= 15 is 0 Å². The Kier molecular flexibility index (Phi) is 4.58. The topological polar surface area (TPSA) is 26.0 Å². The van der Waals surface area contributed by atoms with Gasteiger partial charge in [0.2, 0.25) is 5.82 Å². The lowest BCUT2D eigenvalue weighted by Gasteiger charge is -2.18. The molecule has 0 aromatic heterocycles. The number of hydrogen-bond acceptors (Lipinski definition) is 1. The van der Waals surface area contributed by atoms with E-state index < -0.39 is 69.4 Å². The third-order valence-electron chi connectivity index (χ3n) is 3.29.